The van der Waals surface area contributed by atoms with Gasteiger partial charge in [-0.25, -0.2) is 5.43 Å². The summed E-state index contributed by atoms with van der Waals surface area (Å²) in [6, 6.07) is 32.7. The molecule has 0 saturated carbocycles. The highest BCUT2D eigenvalue weighted by Gasteiger charge is 2.32. The van der Waals surface area contributed by atoms with Crippen LogP contribution < -0.4 is 14.9 Å². The summed E-state index contributed by atoms with van der Waals surface area (Å²) in [6.07, 6.45) is 1.57. The van der Waals surface area contributed by atoms with Crippen LogP contribution in [0, 0.1) is 0 Å². The number of hydrogen-bond acceptors (Lipinski definition) is 6. The lowest BCUT2D eigenvalue weighted by Gasteiger charge is -2.24. The zero-order chi connectivity index (χ0) is 28.4. The minimum Gasteiger partial charge on any atom is -0.490 e. The number of nitrogens with zero attached hydrogens (tertiary/aromatic N) is 2. The predicted molar refractivity (Wildman–Crippen MR) is 162 cm³/mol. The molecule has 1 saturated heterocycles. The fraction of sp³-hybridized carbons (Fsp3) is 0.182. The first-order valence-electron chi connectivity index (χ1n) is 13.4. The molecule has 0 radical (unpaired) electrons. The first kappa shape index (κ1) is 28.0. The number of rotatable bonds is 11. The lowest BCUT2D eigenvalue weighted by Crippen LogP contribution is -2.27. The Labute approximate surface area is 244 Å². The molecule has 1 heterocycles. The van der Waals surface area contributed by atoms with Crippen LogP contribution in [0.5, 0.6) is 11.5 Å². The molecule has 5 rings (SSSR count). The minimum atomic E-state index is -0.322. The summed E-state index contributed by atoms with van der Waals surface area (Å²) in [5.41, 5.74) is 6.96. The van der Waals surface area contributed by atoms with Gasteiger partial charge in [-0.05, 0) is 59.5 Å². The molecule has 41 heavy (non-hydrogen) atoms. The van der Waals surface area contributed by atoms with Gasteiger partial charge in [0, 0.05) is 12.1 Å². The lowest BCUT2D eigenvalue weighted by atomic mass is 10.1. The number of benzene rings is 4. The van der Waals surface area contributed by atoms with E-state index < -0.39 is 0 Å². The number of carbonyl (C=O) groups is 2. The Morgan fingerprint density at radius 1 is 0.927 bits per heavy atom. The van der Waals surface area contributed by atoms with E-state index in [0.29, 0.717) is 42.6 Å². The summed E-state index contributed by atoms with van der Waals surface area (Å²) in [4.78, 5) is 27.2. The molecule has 1 aliphatic rings. The van der Waals surface area contributed by atoms with E-state index >= 15 is 0 Å². The van der Waals surface area contributed by atoms with Crippen molar-refractivity contribution in [3.8, 4) is 11.5 Å². The van der Waals surface area contributed by atoms with Crippen molar-refractivity contribution in [2.24, 2.45) is 5.10 Å². The second-order valence-electron chi connectivity index (χ2n) is 9.41. The van der Waals surface area contributed by atoms with Crippen LogP contribution in [0.15, 0.2) is 108 Å². The van der Waals surface area contributed by atoms with Crippen molar-refractivity contribution >= 4 is 29.8 Å². The highest BCUT2D eigenvalue weighted by atomic mass is 32.2. The minimum absolute atomic E-state index is 0.0861. The SMILES string of the molecule is CCOc1cc(/C=N\NC(=O)c2ccc([C@H]3SCC(=O)N3Cc3ccccc3)cc2)ccc1OCc1ccccc1. The van der Waals surface area contributed by atoms with Gasteiger partial charge in [0.25, 0.3) is 5.91 Å². The topological polar surface area (TPSA) is 80.2 Å². The molecule has 8 heteroatoms. The maximum atomic E-state index is 12.7. The molecule has 0 aliphatic carbocycles. The molecule has 4 aromatic rings. The molecule has 2 amide bonds. The summed E-state index contributed by atoms with van der Waals surface area (Å²) >= 11 is 1.60. The van der Waals surface area contributed by atoms with Crippen LogP contribution in [0.3, 0.4) is 0 Å². The Morgan fingerprint density at radius 2 is 1.63 bits per heavy atom. The lowest BCUT2D eigenvalue weighted by molar-refractivity contribution is -0.128. The van der Waals surface area contributed by atoms with E-state index in [1.165, 1.54) is 0 Å². The molecule has 1 N–H and O–H groups in total. The van der Waals surface area contributed by atoms with E-state index in [9.17, 15) is 9.59 Å². The van der Waals surface area contributed by atoms with Crippen molar-refractivity contribution in [2.45, 2.75) is 25.4 Å². The van der Waals surface area contributed by atoms with Crippen molar-refractivity contribution < 1.29 is 19.1 Å². The third-order valence-electron chi connectivity index (χ3n) is 6.51. The molecule has 1 aliphatic heterocycles. The van der Waals surface area contributed by atoms with E-state index in [1.807, 2.05) is 103 Å². The van der Waals surface area contributed by atoms with Gasteiger partial charge in [-0.15, -0.1) is 11.8 Å². The van der Waals surface area contributed by atoms with Crippen LogP contribution in [-0.2, 0) is 17.9 Å². The number of amides is 2. The quantitative estimate of drug-likeness (QED) is 0.173. The van der Waals surface area contributed by atoms with Crippen LogP contribution >= 0.6 is 11.8 Å². The monoisotopic (exact) mass is 565 g/mol. The Balaban J connectivity index is 1.19. The summed E-state index contributed by atoms with van der Waals surface area (Å²) in [5, 5.41) is 4.05. The van der Waals surface area contributed by atoms with Gasteiger partial charge in [-0.2, -0.15) is 5.10 Å². The van der Waals surface area contributed by atoms with Crippen molar-refractivity contribution in [3.63, 3.8) is 0 Å². The summed E-state index contributed by atoms with van der Waals surface area (Å²) in [6.45, 7) is 3.40. The standard InChI is InChI=1S/C33H31N3O4S/c1-2-39-30-19-26(13-18-29(30)40-22-25-11-7-4-8-12-25)20-34-35-32(38)27-14-16-28(17-15-27)33-36(31(37)23-41-33)21-24-9-5-3-6-10-24/h3-20,33H,2,21-23H2,1H3,(H,35,38)/b34-20-/t33-/m1/s1. The second-order valence-corrected chi connectivity index (χ2v) is 10.5. The Kier molecular flexibility index (Phi) is 9.34. The smallest absolute Gasteiger partial charge is 0.271 e. The third kappa shape index (κ3) is 7.35. The highest BCUT2D eigenvalue weighted by molar-refractivity contribution is 8.00. The predicted octanol–water partition coefficient (Wildman–Crippen LogP) is 6.20. The van der Waals surface area contributed by atoms with Crippen LogP contribution in [0.4, 0.5) is 0 Å². The fourth-order valence-electron chi connectivity index (χ4n) is 4.44. The molecule has 0 spiro atoms. The molecular formula is C33H31N3O4S. The van der Waals surface area contributed by atoms with E-state index in [-0.39, 0.29) is 17.2 Å². The number of carbonyl (C=O) groups excluding carboxylic acids is 2. The third-order valence-corrected chi connectivity index (χ3v) is 7.76. The van der Waals surface area contributed by atoms with Gasteiger partial charge < -0.3 is 14.4 Å². The number of hydrazone groups is 1. The zero-order valence-corrected chi connectivity index (χ0v) is 23.6. The van der Waals surface area contributed by atoms with Crippen LogP contribution in [0.25, 0.3) is 0 Å². The first-order valence-corrected chi connectivity index (χ1v) is 14.5. The highest BCUT2D eigenvalue weighted by Crippen LogP contribution is 2.39. The molecule has 7 nitrogen and oxygen atoms in total. The number of nitrogens with one attached hydrogen (secondary N) is 1. The number of hydrogen-bond donors (Lipinski definition) is 1. The molecule has 0 bridgehead atoms. The van der Waals surface area contributed by atoms with Crippen molar-refractivity contribution in [1.29, 1.82) is 0 Å². The zero-order valence-electron chi connectivity index (χ0n) is 22.7. The van der Waals surface area contributed by atoms with Crippen molar-refractivity contribution in [2.75, 3.05) is 12.4 Å². The second kappa shape index (κ2) is 13.7. The molecule has 0 aromatic heterocycles. The normalized spacial score (nSPS) is 14.8. The largest absolute Gasteiger partial charge is 0.490 e. The molecule has 4 aromatic carbocycles. The number of thioether (sulfide) groups is 1. The van der Waals surface area contributed by atoms with Crippen molar-refractivity contribution in [1.82, 2.24) is 10.3 Å². The summed E-state index contributed by atoms with van der Waals surface area (Å²) in [5.74, 6) is 1.49. The van der Waals surface area contributed by atoms with E-state index in [0.717, 1.165) is 22.3 Å². The van der Waals surface area contributed by atoms with Crippen LogP contribution in [-0.4, -0.2) is 35.3 Å². The Bertz CT molecular complexity index is 1490. The van der Waals surface area contributed by atoms with Gasteiger partial charge in [0.05, 0.1) is 18.6 Å². The van der Waals surface area contributed by atoms with Crippen LogP contribution in [0.2, 0.25) is 0 Å². The average Bonchev–Trinajstić information content (AvgIpc) is 3.37. The first-order chi connectivity index (χ1) is 20.1. The van der Waals surface area contributed by atoms with E-state index in [4.69, 9.17) is 9.47 Å². The molecule has 0 unspecified atom stereocenters. The number of ether oxygens (including phenoxy) is 2. The molecular weight excluding hydrogens is 534 g/mol. The van der Waals surface area contributed by atoms with Gasteiger partial charge in [0.1, 0.15) is 12.0 Å². The average molecular weight is 566 g/mol. The molecule has 1 atom stereocenters. The van der Waals surface area contributed by atoms with Gasteiger partial charge in [-0.1, -0.05) is 72.8 Å². The maximum absolute atomic E-state index is 12.7. The van der Waals surface area contributed by atoms with Gasteiger partial charge in [-0.3, -0.25) is 9.59 Å². The van der Waals surface area contributed by atoms with Gasteiger partial charge in [0.2, 0.25) is 5.91 Å². The summed E-state index contributed by atoms with van der Waals surface area (Å²) < 4.78 is 11.7. The van der Waals surface area contributed by atoms with E-state index in [2.05, 4.69) is 10.5 Å². The Hall–Kier alpha value is -4.56. The molecule has 208 valence electrons. The maximum Gasteiger partial charge on any atom is 0.271 e. The summed E-state index contributed by atoms with van der Waals surface area (Å²) in [7, 11) is 0. The van der Waals surface area contributed by atoms with Crippen molar-refractivity contribution in [3.05, 3.63) is 131 Å². The molecule has 1 fully saturated rings. The van der Waals surface area contributed by atoms with Gasteiger partial charge in [0.15, 0.2) is 11.5 Å². The van der Waals surface area contributed by atoms with E-state index in [1.54, 1.807) is 30.1 Å². The van der Waals surface area contributed by atoms with Crippen LogP contribution in [0.1, 0.15) is 44.9 Å². The fourth-order valence-corrected chi connectivity index (χ4v) is 5.63. The van der Waals surface area contributed by atoms with Gasteiger partial charge >= 0.3 is 0 Å². The Morgan fingerprint density at radius 3 is 2.34 bits per heavy atom.